The van der Waals surface area contributed by atoms with Crippen LogP contribution in [0.3, 0.4) is 0 Å². The van der Waals surface area contributed by atoms with Crippen LogP contribution in [0.25, 0.3) is 0 Å². The van der Waals surface area contributed by atoms with Crippen LogP contribution in [0.2, 0.25) is 5.04 Å². The first-order valence-electron chi connectivity index (χ1n) is 32.9. The van der Waals surface area contributed by atoms with Crippen LogP contribution in [0.4, 0.5) is 11.4 Å². The van der Waals surface area contributed by atoms with E-state index in [0.717, 1.165) is 94.1 Å². The lowest BCUT2D eigenvalue weighted by Crippen LogP contribution is -3.00. The van der Waals surface area contributed by atoms with Crippen LogP contribution in [0.5, 0.6) is 11.5 Å². The van der Waals surface area contributed by atoms with Crippen LogP contribution in [-0.2, 0) is 17.6 Å². The molecular weight excluding hydrogens is 1070 g/mol. The third-order valence-corrected chi connectivity index (χ3v) is 21.1. The molecule has 0 aromatic heterocycles. The highest BCUT2D eigenvalue weighted by molar-refractivity contribution is 6.99. The van der Waals surface area contributed by atoms with Gasteiger partial charge in [-0.15, -0.1) is 0 Å². The van der Waals surface area contributed by atoms with Gasteiger partial charge in [0, 0.05) is 69.5 Å². The molecule has 6 aromatic rings. The van der Waals surface area contributed by atoms with Crippen molar-refractivity contribution < 1.29 is 33.3 Å². The maximum atomic E-state index is 9.01. The smallest absolute Gasteiger partial charge is 0.261 e. The van der Waals surface area contributed by atoms with Crippen molar-refractivity contribution in [2.24, 2.45) is 0 Å². The maximum Gasteiger partial charge on any atom is 0.261 e. The molecule has 0 amide bonds. The van der Waals surface area contributed by atoms with Crippen LogP contribution in [0.15, 0.2) is 170 Å². The molecular formula is C75H114FN3O5Si. The molecule has 85 heavy (non-hydrogen) atoms. The summed E-state index contributed by atoms with van der Waals surface area (Å²) in [6, 6.07) is 59.2. The van der Waals surface area contributed by atoms with Gasteiger partial charge in [-0.3, -0.25) is 0 Å². The molecule has 0 aliphatic carbocycles. The Morgan fingerprint density at radius 1 is 0.400 bits per heavy atom. The number of halogens is 1. The molecule has 0 unspecified atom stereocenters. The van der Waals surface area contributed by atoms with Gasteiger partial charge in [-0.2, -0.15) is 0 Å². The normalized spacial score (nSPS) is 11.4. The highest BCUT2D eigenvalue weighted by Gasteiger charge is 2.50. The molecule has 6 aromatic carbocycles. The van der Waals surface area contributed by atoms with Crippen molar-refractivity contribution in [1.82, 2.24) is 0 Å². The Morgan fingerprint density at radius 3 is 1.08 bits per heavy atom. The maximum absolute atomic E-state index is 9.01. The van der Waals surface area contributed by atoms with Crippen LogP contribution in [0, 0.1) is 0 Å². The van der Waals surface area contributed by atoms with Crippen molar-refractivity contribution in [2.45, 2.75) is 183 Å². The minimum Gasteiger partial charge on any atom is -1.00 e. The molecule has 0 saturated heterocycles. The number of nitrogens with zero attached hydrogens (tertiary/aromatic N) is 3. The average molecular weight is 1180 g/mol. The zero-order valence-corrected chi connectivity index (χ0v) is 55.2. The molecule has 0 radical (unpaired) electrons. The van der Waals surface area contributed by atoms with Crippen molar-refractivity contribution in [3.05, 3.63) is 181 Å². The summed E-state index contributed by atoms with van der Waals surface area (Å²) in [5, 5.41) is 20.7. The Balaban J connectivity index is 0.000000373. The molecule has 0 aliphatic rings. The van der Waals surface area contributed by atoms with E-state index in [1.807, 2.05) is 36.4 Å². The van der Waals surface area contributed by atoms with E-state index in [1.54, 1.807) is 0 Å². The van der Waals surface area contributed by atoms with Gasteiger partial charge in [-0.05, 0) is 121 Å². The van der Waals surface area contributed by atoms with E-state index in [0.29, 0.717) is 13.2 Å². The predicted molar refractivity (Wildman–Crippen MR) is 363 cm³/mol. The number of anilines is 2. The van der Waals surface area contributed by atoms with Gasteiger partial charge in [-0.1, -0.05) is 227 Å². The Bertz CT molecular complexity index is 2430. The van der Waals surface area contributed by atoms with E-state index >= 15 is 0 Å². The first-order chi connectivity index (χ1) is 41.0. The summed E-state index contributed by atoms with van der Waals surface area (Å²) in [5.41, 5.74) is 4.70. The van der Waals surface area contributed by atoms with Crippen molar-refractivity contribution in [3.8, 4) is 11.5 Å². The molecule has 0 atom stereocenters. The number of benzene rings is 6. The number of rotatable bonds is 40. The summed E-state index contributed by atoms with van der Waals surface area (Å²) >= 11 is 0. The van der Waals surface area contributed by atoms with Crippen molar-refractivity contribution in [1.29, 1.82) is 0 Å². The molecule has 0 bridgehead atoms. The molecule has 470 valence electrons. The molecule has 0 saturated carbocycles. The monoisotopic (exact) mass is 1180 g/mol. The SMILES string of the molecule is CCCCCN(CCCCO[Si](c1ccccc1)(c1ccccc1)C(C)(C)C)c1cccc(OCc2ccccc2)c1.CCCC[N+](CCCC)(CCCC)CCCC.OCCCCN(CCCCO)c1cccc(OCc2ccccc2)c1.[F-]. The fourth-order valence-corrected chi connectivity index (χ4v) is 15.8. The fraction of sp³-hybridized carbons (Fsp3) is 0.520. The molecule has 10 heteroatoms. The largest absolute Gasteiger partial charge is 1.00 e. The van der Waals surface area contributed by atoms with Gasteiger partial charge in [-0.25, -0.2) is 0 Å². The highest BCUT2D eigenvalue weighted by Crippen LogP contribution is 2.37. The van der Waals surface area contributed by atoms with Gasteiger partial charge in [0.15, 0.2) is 0 Å². The second-order valence-electron chi connectivity index (χ2n) is 24.0. The first kappa shape index (κ1) is 73.8. The van der Waals surface area contributed by atoms with E-state index < -0.39 is 8.32 Å². The zero-order valence-electron chi connectivity index (χ0n) is 54.2. The van der Waals surface area contributed by atoms with Gasteiger partial charge in [0.25, 0.3) is 8.32 Å². The van der Waals surface area contributed by atoms with Crippen LogP contribution < -0.4 is 34.4 Å². The number of hydrogen-bond donors (Lipinski definition) is 2. The van der Waals surface area contributed by atoms with Gasteiger partial charge in [0.1, 0.15) is 24.7 Å². The molecule has 0 spiro atoms. The van der Waals surface area contributed by atoms with Crippen molar-refractivity contribution in [3.63, 3.8) is 0 Å². The summed E-state index contributed by atoms with van der Waals surface area (Å²) in [6.45, 7) is 30.5. The van der Waals surface area contributed by atoms with Crippen LogP contribution in [0.1, 0.15) is 176 Å². The molecule has 2 N–H and O–H groups in total. The molecule has 6 rings (SSSR count). The zero-order chi connectivity index (χ0) is 60.4. The number of aliphatic hydroxyl groups is 2. The lowest BCUT2D eigenvalue weighted by molar-refractivity contribution is -0.929. The molecule has 0 fully saturated rings. The van der Waals surface area contributed by atoms with E-state index in [1.165, 1.54) is 123 Å². The average Bonchev–Trinajstić information content (AvgIpc) is 1.71. The number of quaternary nitrogens is 1. The minimum absolute atomic E-state index is 0. The topological polar surface area (TPSA) is 74.6 Å². The van der Waals surface area contributed by atoms with E-state index in [9.17, 15) is 0 Å². The highest BCUT2D eigenvalue weighted by atomic mass is 28.4. The second-order valence-corrected chi connectivity index (χ2v) is 28.3. The summed E-state index contributed by atoms with van der Waals surface area (Å²) in [7, 11) is -2.49. The van der Waals surface area contributed by atoms with Crippen LogP contribution in [-0.4, -0.2) is 95.2 Å². The van der Waals surface area contributed by atoms with Crippen LogP contribution >= 0.6 is 0 Å². The summed E-state index contributed by atoms with van der Waals surface area (Å²) in [5.74, 6) is 1.78. The van der Waals surface area contributed by atoms with Crippen molar-refractivity contribution in [2.75, 3.05) is 82.0 Å². The fourth-order valence-electron chi connectivity index (χ4n) is 11.2. The van der Waals surface area contributed by atoms with Gasteiger partial charge in [0.05, 0.1) is 26.2 Å². The lowest BCUT2D eigenvalue weighted by atomic mass is 10.1. The molecule has 0 aliphatic heterocycles. The Hall–Kier alpha value is -5.49. The summed E-state index contributed by atoms with van der Waals surface area (Å²) < 4.78 is 20.7. The molecule has 0 heterocycles. The van der Waals surface area contributed by atoms with E-state index in [4.69, 9.17) is 24.1 Å². The van der Waals surface area contributed by atoms with Gasteiger partial charge >= 0.3 is 0 Å². The number of ether oxygens (including phenoxy) is 2. The lowest BCUT2D eigenvalue weighted by Gasteiger charge is -2.43. The number of aliphatic hydroxyl groups excluding tert-OH is 2. The van der Waals surface area contributed by atoms with Gasteiger partial charge in [0.2, 0.25) is 0 Å². The first-order valence-corrected chi connectivity index (χ1v) is 34.8. The summed E-state index contributed by atoms with van der Waals surface area (Å²) in [4.78, 5) is 4.84. The Morgan fingerprint density at radius 2 is 0.741 bits per heavy atom. The third kappa shape index (κ3) is 27.4. The van der Waals surface area contributed by atoms with Crippen molar-refractivity contribution >= 4 is 30.1 Å². The number of hydrogen-bond acceptors (Lipinski definition) is 7. The van der Waals surface area contributed by atoms with E-state index in [-0.39, 0.29) is 23.0 Å². The standard InChI is InChI=1S/C38H49NO2Si.C21H29NO3.C16H36N.FH/c1-5-6-16-28-39(34-22-19-23-35(31-34)40-32-33-20-10-7-11-21-33)29-17-18-30-41-42(38(2,3)4,36-24-12-8-13-25-36)37-26-14-9-15-27-37;23-15-6-4-13-22(14-5-7-16-24)20-11-8-12-21(17-20)25-18-19-9-2-1-3-10-19;1-5-9-13-17(14-10-6-2,15-11-7-3)16-12-8-4;/h7-15,19-27,31H,5-6,16-18,28-30,32H2,1-4H3;1-3,8-12,17,23-24H,4-7,13-16,18H2;5-16H2,1-4H3;1H/q;;+1;/p-1. The van der Waals surface area contributed by atoms with E-state index in [2.05, 4.69) is 199 Å². The predicted octanol–water partition coefficient (Wildman–Crippen LogP) is 14.2. The molecule has 8 nitrogen and oxygen atoms in total. The third-order valence-electron chi connectivity index (χ3n) is 16.1. The Labute approximate surface area is 518 Å². The summed E-state index contributed by atoms with van der Waals surface area (Å²) in [6.07, 6.45) is 20.4. The Kier molecular flexibility index (Phi) is 38.2. The second kappa shape index (κ2) is 44.0. The number of unbranched alkanes of at least 4 members (excludes halogenated alkanes) is 9. The van der Waals surface area contributed by atoms with Gasteiger partial charge < -0.3 is 43.1 Å². The quantitative estimate of drug-likeness (QED) is 0.0226. The minimum atomic E-state index is -2.49.